The van der Waals surface area contributed by atoms with Crippen LogP contribution >= 0.6 is 0 Å². The van der Waals surface area contributed by atoms with E-state index in [1.165, 1.54) is 0 Å². The SMILES string of the molecule is c1ccc(C2OC[C@H]3OC(c4ccccc4)O[C@@H]3[C@H]([C@@H]3COC(c4ccccc4)O3)O2)cc1. The second kappa shape index (κ2) is 9.35. The molecule has 0 aliphatic carbocycles. The van der Waals surface area contributed by atoms with E-state index in [0.717, 1.165) is 16.7 Å². The van der Waals surface area contributed by atoms with E-state index in [-0.39, 0.29) is 18.3 Å². The highest BCUT2D eigenvalue weighted by molar-refractivity contribution is 5.19. The van der Waals surface area contributed by atoms with Crippen molar-refractivity contribution in [1.29, 1.82) is 0 Å². The summed E-state index contributed by atoms with van der Waals surface area (Å²) in [6.45, 7) is 0.758. The van der Waals surface area contributed by atoms with Crippen LogP contribution in [0.3, 0.4) is 0 Å². The molecule has 6 heteroatoms. The molecule has 0 N–H and O–H groups in total. The van der Waals surface area contributed by atoms with Crippen LogP contribution in [-0.2, 0) is 28.4 Å². The van der Waals surface area contributed by atoms with Gasteiger partial charge in [0.2, 0.25) is 0 Å². The molecule has 6 nitrogen and oxygen atoms in total. The number of hydrogen-bond donors (Lipinski definition) is 0. The minimum atomic E-state index is -0.538. The van der Waals surface area contributed by atoms with Crippen LogP contribution in [0.2, 0.25) is 0 Å². The van der Waals surface area contributed by atoms with Crippen LogP contribution in [0.5, 0.6) is 0 Å². The van der Waals surface area contributed by atoms with Crippen LogP contribution in [0, 0.1) is 0 Å². The summed E-state index contributed by atoms with van der Waals surface area (Å²) < 4.78 is 37.8. The smallest absolute Gasteiger partial charge is 0.184 e. The van der Waals surface area contributed by atoms with Gasteiger partial charge in [-0.25, -0.2) is 0 Å². The van der Waals surface area contributed by atoms with Crippen LogP contribution in [0.4, 0.5) is 0 Å². The van der Waals surface area contributed by atoms with Crippen LogP contribution in [0.15, 0.2) is 91.0 Å². The van der Waals surface area contributed by atoms with E-state index in [9.17, 15) is 0 Å². The zero-order valence-electron chi connectivity index (χ0n) is 18.1. The lowest BCUT2D eigenvalue weighted by molar-refractivity contribution is -0.217. The van der Waals surface area contributed by atoms with E-state index >= 15 is 0 Å². The first-order valence-electron chi connectivity index (χ1n) is 11.3. The molecule has 3 aliphatic heterocycles. The van der Waals surface area contributed by atoms with Gasteiger partial charge in [0.1, 0.15) is 24.4 Å². The molecule has 0 saturated carbocycles. The van der Waals surface area contributed by atoms with Gasteiger partial charge in [-0.3, -0.25) is 0 Å². The first-order valence-corrected chi connectivity index (χ1v) is 11.3. The summed E-state index contributed by atoms with van der Waals surface area (Å²) in [4.78, 5) is 0. The van der Waals surface area contributed by atoms with Crippen molar-refractivity contribution in [3.63, 3.8) is 0 Å². The highest BCUT2D eigenvalue weighted by Gasteiger charge is 2.50. The van der Waals surface area contributed by atoms with Crippen LogP contribution in [0.1, 0.15) is 35.6 Å². The lowest BCUT2D eigenvalue weighted by Gasteiger charge is -2.29. The lowest BCUT2D eigenvalue weighted by atomic mass is 10.0. The molecule has 170 valence electrons. The maximum absolute atomic E-state index is 6.53. The Bertz CT molecular complexity index is 1030. The van der Waals surface area contributed by atoms with E-state index in [1.807, 2.05) is 91.0 Å². The molecule has 0 amide bonds. The molecule has 3 unspecified atom stereocenters. The number of ether oxygens (including phenoxy) is 6. The molecule has 6 rings (SSSR count). The molecule has 3 heterocycles. The van der Waals surface area contributed by atoms with Gasteiger partial charge in [-0.05, 0) is 0 Å². The summed E-state index contributed by atoms with van der Waals surface area (Å²) in [6, 6.07) is 29.8. The largest absolute Gasteiger partial charge is 0.346 e. The van der Waals surface area contributed by atoms with E-state index in [4.69, 9.17) is 28.4 Å². The Morgan fingerprint density at radius 1 is 0.424 bits per heavy atom. The van der Waals surface area contributed by atoms with Crippen LogP contribution in [0.25, 0.3) is 0 Å². The van der Waals surface area contributed by atoms with E-state index in [0.29, 0.717) is 13.2 Å². The molecule has 3 aliphatic rings. The molecule has 7 atom stereocenters. The highest BCUT2D eigenvalue weighted by atomic mass is 16.8. The number of rotatable bonds is 4. The Balaban J connectivity index is 1.26. The van der Waals surface area contributed by atoms with Gasteiger partial charge in [0.15, 0.2) is 18.9 Å². The van der Waals surface area contributed by atoms with Crippen molar-refractivity contribution in [2.45, 2.75) is 43.3 Å². The maximum Gasteiger partial charge on any atom is 0.184 e. The van der Waals surface area contributed by atoms with Gasteiger partial charge in [-0.2, -0.15) is 0 Å². The normalized spacial score (nSPS) is 34.0. The predicted molar refractivity (Wildman–Crippen MR) is 119 cm³/mol. The molecule has 0 spiro atoms. The average Bonchev–Trinajstić information content (AvgIpc) is 3.51. The number of benzene rings is 3. The quantitative estimate of drug-likeness (QED) is 0.579. The minimum absolute atomic E-state index is 0.284. The minimum Gasteiger partial charge on any atom is -0.346 e. The second-order valence-electron chi connectivity index (χ2n) is 8.44. The van der Waals surface area contributed by atoms with Gasteiger partial charge in [0, 0.05) is 16.7 Å². The third-order valence-corrected chi connectivity index (χ3v) is 6.25. The Kier molecular flexibility index (Phi) is 5.94. The molecule has 3 fully saturated rings. The molecular weight excluding hydrogens is 420 g/mol. The van der Waals surface area contributed by atoms with Crippen molar-refractivity contribution >= 4 is 0 Å². The van der Waals surface area contributed by atoms with E-state index in [2.05, 4.69) is 0 Å². The summed E-state index contributed by atoms with van der Waals surface area (Å²) in [5.41, 5.74) is 2.89. The molecule has 3 saturated heterocycles. The summed E-state index contributed by atoms with van der Waals surface area (Å²) in [5.74, 6) is 0. The third kappa shape index (κ3) is 4.34. The molecule has 3 aromatic rings. The predicted octanol–water partition coefficient (Wildman–Crippen LogP) is 4.70. The monoisotopic (exact) mass is 446 g/mol. The van der Waals surface area contributed by atoms with Crippen LogP contribution < -0.4 is 0 Å². The van der Waals surface area contributed by atoms with Crippen molar-refractivity contribution in [2.24, 2.45) is 0 Å². The third-order valence-electron chi connectivity index (χ3n) is 6.25. The second-order valence-corrected chi connectivity index (χ2v) is 8.44. The zero-order chi connectivity index (χ0) is 22.0. The van der Waals surface area contributed by atoms with Gasteiger partial charge in [0.25, 0.3) is 0 Å². The first-order chi connectivity index (χ1) is 16.3. The van der Waals surface area contributed by atoms with Crippen molar-refractivity contribution < 1.29 is 28.4 Å². The Hall–Kier alpha value is -2.58. The van der Waals surface area contributed by atoms with Crippen LogP contribution in [-0.4, -0.2) is 37.6 Å². The summed E-state index contributed by atoms with van der Waals surface area (Å²) in [6.07, 6.45) is -2.84. The van der Waals surface area contributed by atoms with Crippen molar-refractivity contribution in [1.82, 2.24) is 0 Å². The maximum atomic E-state index is 6.53. The summed E-state index contributed by atoms with van der Waals surface area (Å²) in [7, 11) is 0. The van der Waals surface area contributed by atoms with Crippen molar-refractivity contribution in [2.75, 3.05) is 13.2 Å². The van der Waals surface area contributed by atoms with Crippen molar-refractivity contribution in [3.8, 4) is 0 Å². The first kappa shape index (κ1) is 21.0. The fraction of sp³-hybridized carbons (Fsp3) is 0.333. The molecule has 3 aromatic carbocycles. The Morgan fingerprint density at radius 2 is 0.788 bits per heavy atom. The number of hydrogen-bond acceptors (Lipinski definition) is 6. The molecule has 0 aromatic heterocycles. The lowest BCUT2D eigenvalue weighted by Crippen LogP contribution is -2.45. The number of fused-ring (bicyclic) bond motifs is 1. The Morgan fingerprint density at radius 3 is 1.27 bits per heavy atom. The van der Waals surface area contributed by atoms with Gasteiger partial charge >= 0.3 is 0 Å². The fourth-order valence-electron chi connectivity index (χ4n) is 4.59. The summed E-state index contributed by atoms with van der Waals surface area (Å²) in [5, 5.41) is 0. The van der Waals surface area contributed by atoms with Gasteiger partial charge < -0.3 is 28.4 Å². The van der Waals surface area contributed by atoms with Gasteiger partial charge in [0.05, 0.1) is 13.2 Å². The van der Waals surface area contributed by atoms with E-state index < -0.39 is 25.0 Å². The standard InChI is InChI=1S/C27H26O6/c1-4-10-18(11-5-1)25-28-16-21(30-25)23-24-22(31-27(33-24)20-14-8-3-9-15-20)17-29-26(32-23)19-12-6-2-7-13-19/h1-15,21-27H,16-17H2/t21-,22+,23-,24-,25?,26?,27?/m0/s1. The average molecular weight is 446 g/mol. The van der Waals surface area contributed by atoms with E-state index in [1.54, 1.807) is 0 Å². The summed E-state index contributed by atoms with van der Waals surface area (Å²) >= 11 is 0. The van der Waals surface area contributed by atoms with Gasteiger partial charge in [-0.15, -0.1) is 0 Å². The molecule has 33 heavy (non-hydrogen) atoms. The fourth-order valence-corrected chi connectivity index (χ4v) is 4.59. The molecular formula is C27H26O6. The van der Waals surface area contributed by atoms with Gasteiger partial charge in [-0.1, -0.05) is 91.0 Å². The zero-order valence-corrected chi connectivity index (χ0v) is 18.1. The van der Waals surface area contributed by atoms with Crippen molar-refractivity contribution in [3.05, 3.63) is 108 Å². The highest BCUT2D eigenvalue weighted by Crippen LogP contribution is 2.41. The molecule has 0 radical (unpaired) electrons. The topological polar surface area (TPSA) is 55.4 Å². The molecule has 0 bridgehead atoms. The Labute approximate surface area is 192 Å².